The van der Waals surface area contributed by atoms with Crippen molar-refractivity contribution in [3.8, 4) is 0 Å². The fourth-order valence-corrected chi connectivity index (χ4v) is 2.38. The van der Waals surface area contributed by atoms with Gasteiger partial charge in [-0.3, -0.25) is 4.79 Å². The Hall–Kier alpha value is -2.56. The highest BCUT2D eigenvalue weighted by atomic mass is 16.7. The van der Waals surface area contributed by atoms with Crippen molar-refractivity contribution in [3.05, 3.63) is 59.5 Å². The van der Waals surface area contributed by atoms with E-state index in [0.717, 1.165) is 22.8 Å². The number of nitrogens with one attached hydrogen (secondary N) is 1. The van der Waals surface area contributed by atoms with Crippen molar-refractivity contribution < 1.29 is 14.0 Å². The van der Waals surface area contributed by atoms with E-state index in [-0.39, 0.29) is 5.91 Å². The number of amides is 1. The molecule has 0 radical (unpaired) electrons. The summed E-state index contributed by atoms with van der Waals surface area (Å²) in [4.78, 5) is 17.8. The van der Waals surface area contributed by atoms with Gasteiger partial charge in [0, 0.05) is 6.42 Å². The van der Waals surface area contributed by atoms with E-state index in [9.17, 15) is 4.79 Å². The van der Waals surface area contributed by atoms with Gasteiger partial charge in [-0.1, -0.05) is 35.5 Å². The standard InChI is InChI=1S/C17H18N2O3/c1-12-8-9-14(21-12)11-18-16(20)17(2)10-15(19-22-17)13-6-4-3-5-7-13/h3-9H,10-11H2,1-2H3,(H,18,20). The van der Waals surface area contributed by atoms with Crippen LogP contribution in [0.25, 0.3) is 0 Å². The summed E-state index contributed by atoms with van der Waals surface area (Å²) in [6, 6.07) is 13.4. The number of carbonyl (C=O) groups excluding carboxylic acids is 1. The largest absolute Gasteiger partial charge is 0.465 e. The maximum atomic E-state index is 12.4. The molecule has 1 aliphatic heterocycles. The Bertz CT molecular complexity index is 706. The molecule has 1 atom stereocenters. The van der Waals surface area contributed by atoms with E-state index < -0.39 is 5.60 Å². The molecule has 0 fully saturated rings. The lowest BCUT2D eigenvalue weighted by molar-refractivity contribution is -0.142. The third-order valence-electron chi connectivity index (χ3n) is 3.67. The molecule has 2 heterocycles. The van der Waals surface area contributed by atoms with E-state index in [1.165, 1.54) is 0 Å². The van der Waals surface area contributed by atoms with Gasteiger partial charge in [0.1, 0.15) is 11.5 Å². The average molecular weight is 298 g/mol. The van der Waals surface area contributed by atoms with Crippen molar-refractivity contribution in [1.29, 1.82) is 0 Å². The van der Waals surface area contributed by atoms with Crippen LogP contribution in [0.4, 0.5) is 0 Å². The Balaban J connectivity index is 1.61. The second-order valence-corrected chi connectivity index (χ2v) is 5.60. The van der Waals surface area contributed by atoms with E-state index in [1.807, 2.05) is 49.4 Å². The lowest BCUT2D eigenvalue weighted by Crippen LogP contribution is -2.44. The van der Waals surface area contributed by atoms with Gasteiger partial charge in [-0.2, -0.15) is 0 Å². The molecule has 1 N–H and O–H groups in total. The van der Waals surface area contributed by atoms with Gasteiger partial charge in [0.15, 0.2) is 0 Å². The van der Waals surface area contributed by atoms with Crippen molar-refractivity contribution in [2.75, 3.05) is 0 Å². The predicted octanol–water partition coefficient (Wildman–Crippen LogP) is 2.79. The van der Waals surface area contributed by atoms with Crippen LogP contribution in [0.15, 0.2) is 52.0 Å². The van der Waals surface area contributed by atoms with Crippen LogP contribution >= 0.6 is 0 Å². The molecule has 0 saturated carbocycles. The summed E-state index contributed by atoms with van der Waals surface area (Å²) in [5, 5.41) is 6.91. The highest BCUT2D eigenvalue weighted by Crippen LogP contribution is 2.26. The summed E-state index contributed by atoms with van der Waals surface area (Å²) in [5.41, 5.74) is 0.778. The molecule has 0 aliphatic carbocycles. The van der Waals surface area contributed by atoms with Gasteiger partial charge in [-0.15, -0.1) is 0 Å². The predicted molar refractivity (Wildman–Crippen MR) is 82.4 cm³/mol. The van der Waals surface area contributed by atoms with Gasteiger partial charge in [0.2, 0.25) is 5.60 Å². The summed E-state index contributed by atoms with van der Waals surface area (Å²) in [6.07, 6.45) is 0.444. The number of aryl methyl sites for hydroxylation is 1. The summed E-state index contributed by atoms with van der Waals surface area (Å²) in [5.74, 6) is 1.34. The monoisotopic (exact) mass is 298 g/mol. The second kappa shape index (κ2) is 5.67. The number of benzene rings is 1. The lowest BCUT2D eigenvalue weighted by atomic mass is 9.95. The maximum absolute atomic E-state index is 12.4. The maximum Gasteiger partial charge on any atom is 0.267 e. The van der Waals surface area contributed by atoms with Crippen molar-refractivity contribution in [2.24, 2.45) is 5.16 Å². The molecule has 5 nitrogen and oxygen atoms in total. The minimum Gasteiger partial charge on any atom is -0.465 e. The lowest BCUT2D eigenvalue weighted by Gasteiger charge is -2.20. The van der Waals surface area contributed by atoms with Gasteiger partial charge in [0.05, 0.1) is 12.3 Å². The fourth-order valence-electron chi connectivity index (χ4n) is 2.38. The zero-order chi connectivity index (χ0) is 15.6. The zero-order valence-corrected chi connectivity index (χ0v) is 12.6. The zero-order valence-electron chi connectivity index (χ0n) is 12.6. The molecule has 5 heteroatoms. The first-order valence-corrected chi connectivity index (χ1v) is 7.21. The molecular weight excluding hydrogens is 280 g/mol. The molecule has 114 valence electrons. The highest BCUT2D eigenvalue weighted by Gasteiger charge is 2.42. The minimum absolute atomic E-state index is 0.198. The van der Waals surface area contributed by atoms with Crippen molar-refractivity contribution >= 4 is 11.6 Å². The van der Waals surface area contributed by atoms with Gasteiger partial charge >= 0.3 is 0 Å². The molecule has 0 spiro atoms. The Morgan fingerprint density at radius 3 is 2.73 bits per heavy atom. The van der Waals surface area contributed by atoms with Crippen LogP contribution < -0.4 is 5.32 Å². The Morgan fingerprint density at radius 1 is 1.27 bits per heavy atom. The van der Waals surface area contributed by atoms with Crippen LogP contribution in [-0.2, 0) is 16.2 Å². The van der Waals surface area contributed by atoms with Crippen LogP contribution in [0.2, 0.25) is 0 Å². The summed E-state index contributed by atoms with van der Waals surface area (Å²) < 4.78 is 5.44. The summed E-state index contributed by atoms with van der Waals surface area (Å²) in [6.45, 7) is 3.95. The topological polar surface area (TPSA) is 63.8 Å². The molecule has 0 saturated heterocycles. The normalized spacial score (nSPS) is 20.4. The number of hydrogen-bond acceptors (Lipinski definition) is 4. The van der Waals surface area contributed by atoms with Crippen LogP contribution in [0.5, 0.6) is 0 Å². The van der Waals surface area contributed by atoms with Crippen molar-refractivity contribution in [2.45, 2.75) is 32.4 Å². The molecule has 1 aromatic heterocycles. The molecule has 0 bridgehead atoms. The molecule has 1 unspecified atom stereocenters. The van der Waals surface area contributed by atoms with Crippen LogP contribution in [0.3, 0.4) is 0 Å². The van der Waals surface area contributed by atoms with E-state index >= 15 is 0 Å². The first-order valence-electron chi connectivity index (χ1n) is 7.21. The molecule has 1 amide bonds. The summed E-state index contributed by atoms with van der Waals surface area (Å²) in [7, 11) is 0. The van der Waals surface area contributed by atoms with Gasteiger partial charge in [-0.05, 0) is 31.5 Å². The minimum atomic E-state index is -0.979. The smallest absolute Gasteiger partial charge is 0.267 e. The van der Waals surface area contributed by atoms with Crippen LogP contribution in [0, 0.1) is 6.92 Å². The van der Waals surface area contributed by atoms with E-state index in [1.54, 1.807) is 6.92 Å². The average Bonchev–Trinajstić information content (AvgIpc) is 3.13. The first-order chi connectivity index (χ1) is 10.6. The van der Waals surface area contributed by atoms with E-state index in [4.69, 9.17) is 9.25 Å². The molecule has 22 heavy (non-hydrogen) atoms. The first kappa shape index (κ1) is 14.4. The SMILES string of the molecule is Cc1ccc(CNC(=O)C2(C)CC(c3ccccc3)=NO2)o1. The number of hydrogen-bond donors (Lipinski definition) is 1. The van der Waals surface area contributed by atoms with Crippen molar-refractivity contribution in [1.82, 2.24) is 5.32 Å². The number of furan rings is 1. The Morgan fingerprint density at radius 2 is 2.05 bits per heavy atom. The molecule has 3 rings (SSSR count). The summed E-state index contributed by atoms with van der Waals surface area (Å²) >= 11 is 0. The van der Waals surface area contributed by atoms with Gasteiger partial charge in [-0.25, -0.2) is 0 Å². The number of oxime groups is 1. The number of carbonyl (C=O) groups is 1. The molecular formula is C17H18N2O3. The quantitative estimate of drug-likeness (QED) is 0.944. The van der Waals surface area contributed by atoms with Crippen LogP contribution in [0.1, 0.15) is 30.4 Å². The number of rotatable bonds is 4. The second-order valence-electron chi connectivity index (χ2n) is 5.60. The molecule has 2 aromatic rings. The highest BCUT2D eigenvalue weighted by molar-refractivity contribution is 6.05. The van der Waals surface area contributed by atoms with Crippen LogP contribution in [-0.4, -0.2) is 17.2 Å². The van der Waals surface area contributed by atoms with Gasteiger partial charge < -0.3 is 14.6 Å². The molecule has 1 aromatic carbocycles. The Kier molecular flexibility index (Phi) is 3.71. The van der Waals surface area contributed by atoms with Gasteiger partial charge in [0.25, 0.3) is 5.91 Å². The van der Waals surface area contributed by atoms with Crippen molar-refractivity contribution in [3.63, 3.8) is 0 Å². The number of nitrogens with zero attached hydrogens (tertiary/aromatic N) is 1. The third-order valence-corrected chi connectivity index (χ3v) is 3.67. The Labute approximate surface area is 129 Å². The molecule has 1 aliphatic rings. The fraction of sp³-hybridized carbons (Fsp3) is 0.294. The van der Waals surface area contributed by atoms with E-state index in [0.29, 0.717) is 13.0 Å². The van der Waals surface area contributed by atoms with E-state index in [2.05, 4.69) is 10.5 Å². The third kappa shape index (κ3) is 2.88.